The largest absolute Gasteiger partial charge is 0.543 e. The second-order valence-corrected chi connectivity index (χ2v) is 9.34. The smallest absolute Gasteiger partial charge is 0.315 e. The first-order valence-electron chi connectivity index (χ1n) is 9.98. The van der Waals surface area contributed by atoms with Gasteiger partial charge < -0.3 is 31.5 Å². The van der Waals surface area contributed by atoms with Gasteiger partial charge in [0.05, 0.1) is 24.0 Å². The standard InChI is InChI=1S/C19H17N9O5S2/c1-33-25-12(8-6-35-19(21)23-8)15(29)24-13-16(30)27-14(18(31)32)9(7-34-17(13)27)26-5-3-10(20)28-11(26)2-4-22-28/h2-6,13,17,20H,7H2,1H3,(H4,21,23,24,29,31,32)/t13-,17+/m1/s1. The van der Waals surface area contributed by atoms with Crippen molar-refractivity contribution in [1.29, 1.82) is 0 Å². The summed E-state index contributed by atoms with van der Waals surface area (Å²) in [6.07, 6.45) is 3.12. The third kappa shape index (κ3) is 3.62. The van der Waals surface area contributed by atoms with Gasteiger partial charge in [-0.3, -0.25) is 14.5 Å². The number of thioether (sulfide) groups is 1. The van der Waals surface area contributed by atoms with Gasteiger partial charge in [-0.15, -0.1) is 23.1 Å². The number of amides is 2. The number of aliphatic carboxylic acids is 1. The van der Waals surface area contributed by atoms with E-state index in [2.05, 4.69) is 20.6 Å². The molecule has 0 spiro atoms. The summed E-state index contributed by atoms with van der Waals surface area (Å²) in [4.78, 5) is 47.9. The van der Waals surface area contributed by atoms with E-state index in [0.29, 0.717) is 17.2 Å². The fraction of sp³-hybridized carbons (Fsp3) is 0.211. The number of β-lactam (4-membered cyclic amide) rings is 1. The van der Waals surface area contributed by atoms with Crippen molar-refractivity contribution in [2.24, 2.45) is 5.16 Å². The van der Waals surface area contributed by atoms with Crippen LogP contribution in [0.25, 0.3) is 11.3 Å². The van der Waals surface area contributed by atoms with E-state index in [1.165, 1.54) is 35.0 Å². The van der Waals surface area contributed by atoms with Gasteiger partial charge >= 0.3 is 5.65 Å². The highest BCUT2D eigenvalue weighted by molar-refractivity contribution is 8.00. The Morgan fingerprint density at radius 3 is 2.86 bits per heavy atom. The van der Waals surface area contributed by atoms with Crippen LogP contribution in [0.4, 0.5) is 10.9 Å². The monoisotopic (exact) mass is 515 g/mol. The summed E-state index contributed by atoms with van der Waals surface area (Å²) in [5, 5.41) is 23.7. The lowest BCUT2D eigenvalue weighted by Crippen LogP contribution is -2.72. The molecule has 2 amide bonds. The number of hydrogen-bond donors (Lipinski definition) is 3. The zero-order valence-corrected chi connectivity index (χ0v) is 19.6. The summed E-state index contributed by atoms with van der Waals surface area (Å²) < 4.78 is 3.03. The topological polar surface area (TPSA) is 197 Å². The molecular weight excluding hydrogens is 498 g/mol. The van der Waals surface area contributed by atoms with Crippen LogP contribution in [0.5, 0.6) is 0 Å². The van der Waals surface area contributed by atoms with Crippen LogP contribution in [0, 0.1) is 0 Å². The molecule has 5 N–H and O–H groups in total. The average Bonchev–Trinajstić information content (AvgIpc) is 3.50. The number of fused-ring (bicyclic) bond motifs is 2. The van der Waals surface area contributed by atoms with E-state index in [4.69, 9.17) is 16.3 Å². The Hall–Kier alpha value is -4.18. The van der Waals surface area contributed by atoms with E-state index in [0.717, 1.165) is 16.2 Å². The Morgan fingerprint density at radius 1 is 1.37 bits per heavy atom. The van der Waals surface area contributed by atoms with Crippen molar-refractivity contribution in [3.63, 3.8) is 0 Å². The summed E-state index contributed by atoms with van der Waals surface area (Å²) in [5.41, 5.74) is 12.1. The highest BCUT2D eigenvalue weighted by Gasteiger charge is 2.54. The first-order valence-corrected chi connectivity index (χ1v) is 11.9. The van der Waals surface area contributed by atoms with E-state index >= 15 is 0 Å². The molecule has 0 unspecified atom stereocenters. The minimum absolute atomic E-state index is 0.163. The summed E-state index contributed by atoms with van der Waals surface area (Å²) in [6.45, 7) is 0. The van der Waals surface area contributed by atoms with Gasteiger partial charge in [0.1, 0.15) is 41.8 Å². The number of nitrogen functional groups attached to an aromatic ring is 2. The molecule has 0 aliphatic carbocycles. The molecule has 0 aromatic carbocycles. The summed E-state index contributed by atoms with van der Waals surface area (Å²) in [6, 6.07) is 2.24. The molecule has 5 heterocycles. The first-order chi connectivity index (χ1) is 16.8. The quantitative estimate of drug-likeness (QED) is 0.138. The third-order valence-corrected chi connectivity index (χ3v) is 7.33. The molecule has 3 aromatic rings. The van der Waals surface area contributed by atoms with Crippen molar-refractivity contribution in [1.82, 2.24) is 24.8 Å². The molecule has 0 saturated carbocycles. The van der Waals surface area contributed by atoms with Crippen LogP contribution in [0.15, 0.2) is 40.8 Å². The Kier molecular flexibility index (Phi) is 5.52. The molecule has 1 saturated heterocycles. The van der Waals surface area contributed by atoms with E-state index in [1.54, 1.807) is 22.9 Å². The number of nitrogens with one attached hydrogen (secondary N) is 1. The molecule has 5 rings (SSSR count). The fourth-order valence-corrected chi connectivity index (χ4v) is 5.77. The Labute approximate surface area is 204 Å². The van der Waals surface area contributed by atoms with Crippen molar-refractivity contribution in [2.75, 3.05) is 24.3 Å². The van der Waals surface area contributed by atoms with Crippen LogP contribution in [0.2, 0.25) is 0 Å². The van der Waals surface area contributed by atoms with Gasteiger partial charge in [0.2, 0.25) is 5.82 Å². The minimum atomic E-state index is -1.52. The summed E-state index contributed by atoms with van der Waals surface area (Å²) in [5.74, 6) is -2.28. The predicted octanol–water partition coefficient (Wildman–Crippen LogP) is -2.39. The number of anilines is 2. The maximum atomic E-state index is 13.0. The molecule has 0 bridgehead atoms. The van der Waals surface area contributed by atoms with Crippen molar-refractivity contribution in [3.8, 4) is 0 Å². The van der Waals surface area contributed by atoms with Crippen LogP contribution in [0.3, 0.4) is 0 Å². The van der Waals surface area contributed by atoms with Gasteiger partial charge in [0, 0.05) is 11.4 Å². The molecule has 0 radical (unpaired) electrons. The fourth-order valence-electron chi connectivity index (χ4n) is 3.88. The number of aromatic nitrogens is 4. The molecule has 3 aromatic heterocycles. The molecule has 35 heavy (non-hydrogen) atoms. The second kappa shape index (κ2) is 8.55. The Balaban J connectivity index is 1.45. The molecular formula is C19H17N9O5S2. The van der Waals surface area contributed by atoms with Crippen LogP contribution >= 0.6 is 23.1 Å². The molecule has 16 heteroatoms. The van der Waals surface area contributed by atoms with Crippen LogP contribution in [-0.2, 0) is 19.2 Å². The molecule has 180 valence electrons. The van der Waals surface area contributed by atoms with Crippen molar-refractivity contribution in [3.05, 3.63) is 41.3 Å². The van der Waals surface area contributed by atoms with Gasteiger partial charge in [-0.2, -0.15) is 4.57 Å². The number of nitrogens with two attached hydrogens (primary N) is 2. The number of carboxylic acids is 1. The zero-order valence-electron chi connectivity index (χ0n) is 17.9. The zero-order chi connectivity index (χ0) is 24.9. The lowest BCUT2D eigenvalue weighted by Gasteiger charge is -2.49. The first kappa shape index (κ1) is 22.6. The van der Waals surface area contributed by atoms with Gasteiger partial charge in [-0.1, -0.05) is 14.8 Å². The lowest BCUT2D eigenvalue weighted by molar-refractivity contribution is -0.557. The maximum Gasteiger partial charge on any atom is 0.315 e. The summed E-state index contributed by atoms with van der Waals surface area (Å²) in [7, 11) is 1.26. The molecule has 1 fully saturated rings. The lowest BCUT2D eigenvalue weighted by atomic mass is 10.0. The van der Waals surface area contributed by atoms with Crippen molar-refractivity contribution >= 4 is 68.9 Å². The summed E-state index contributed by atoms with van der Waals surface area (Å²) >= 11 is 2.40. The molecule has 14 nitrogen and oxygen atoms in total. The maximum absolute atomic E-state index is 13.0. The number of carbonyl (C=O) groups is 3. The van der Waals surface area contributed by atoms with Gasteiger partial charge in [-0.05, 0) is 0 Å². The van der Waals surface area contributed by atoms with E-state index < -0.39 is 29.2 Å². The number of oxime groups is 1. The van der Waals surface area contributed by atoms with Gasteiger partial charge in [0.15, 0.2) is 10.8 Å². The number of carbonyl (C=O) groups excluding carboxylic acids is 3. The average molecular weight is 516 g/mol. The number of nitrogens with zero attached hydrogens (tertiary/aromatic N) is 6. The van der Waals surface area contributed by atoms with Crippen LogP contribution < -0.4 is 26.5 Å². The van der Waals surface area contributed by atoms with E-state index in [9.17, 15) is 19.5 Å². The van der Waals surface area contributed by atoms with Gasteiger partial charge in [0.25, 0.3) is 11.8 Å². The van der Waals surface area contributed by atoms with Crippen molar-refractivity contribution in [2.45, 2.75) is 11.4 Å². The van der Waals surface area contributed by atoms with Crippen LogP contribution in [-0.4, -0.2) is 67.3 Å². The minimum Gasteiger partial charge on any atom is -0.543 e. The Morgan fingerprint density at radius 2 is 2.17 bits per heavy atom. The number of thiazole rings is 1. The van der Waals surface area contributed by atoms with E-state index in [-0.39, 0.29) is 28.0 Å². The second-order valence-electron chi connectivity index (χ2n) is 7.35. The number of carboxylic acid groups (broad SMARTS) is 1. The molecule has 2 aliphatic rings. The highest BCUT2D eigenvalue weighted by atomic mass is 32.2. The van der Waals surface area contributed by atoms with Gasteiger partial charge in [-0.25, -0.2) is 4.98 Å². The SMILES string of the molecule is CON=C(C(=O)N[C@@H]1C(=O)N2C(C(=O)[O-])=C([n+]3ccc(N)n4nccc43)CS[C@@H]12)c1csc(N)n1. The van der Waals surface area contributed by atoms with Crippen molar-refractivity contribution < 1.29 is 28.9 Å². The van der Waals surface area contributed by atoms with Crippen LogP contribution in [0.1, 0.15) is 5.69 Å². The normalized spacial score (nSPS) is 20.0. The third-order valence-electron chi connectivity index (χ3n) is 5.39. The van der Waals surface area contributed by atoms with E-state index in [1.807, 2.05) is 0 Å². The molecule has 2 atom stereocenters. The predicted molar refractivity (Wildman–Crippen MR) is 123 cm³/mol. The number of rotatable bonds is 6. The highest BCUT2D eigenvalue weighted by Crippen LogP contribution is 2.40. The Bertz CT molecular complexity index is 1450. The number of hydrogen-bond acceptors (Lipinski definition) is 12. The molecule has 2 aliphatic heterocycles.